The van der Waals surface area contributed by atoms with Crippen LogP contribution in [-0.2, 0) is 17.8 Å². The van der Waals surface area contributed by atoms with E-state index in [1.165, 1.54) is 0 Å². The van der Waals surface area contributed by atoms with Crippen molar-refractivity contribution in [2.45, 2.75) is 53.1 Å². The molecule has 0 N–H and O–H groups in total. The van der Waals surface area contributed by atoms with Gasteiger partial charge in [-0.3, -0.25) is 9.36 Å². The van der Waals surface area contributed by atoms with Crippen molar-refractivity contribution in [1.82, 2.24) is 24.8 Å². The maximum atomic E-state index is 12.5. The minimum Gasteiger partial charge on any atom is -0.361 e. The molecule has 1 atom stereocenters. The zero-order valence-electron chi connectivity index (χ0n) is 14.1. The molecule has 0 fully saturated rings. The van der Waals surface area contributed by atoms with Gasteiger partial charge in [0, 0.05) is 19.0 Å². The van der Waals surface area contributed by atoms with E-state index in [2.05, 4.69) is 36.1 Å². The average Bonchev–Trinajstić information content (AvgIpc) is 3.10. The molecule has 3 heterocycles. The summed E-state index contributed by atoms with van der Waals surface area (Å²) in [4.78, 5) is 14.4. The summed E-state index contributed by atoms with van der Waals surface area (Å²) in [5.74, 6) is 2.83. The first-order valence-electron chi connectivity index (χ1n) is 8.19. The third kappa shape index (κ3) is 2.87. The molecule has 0 bridgehead atoms. The van der Waals surface area contributed by atoms with Gasteiger partial charge in [0.15, 0.2) is 17.3 Å². The molecule has 0 aromatic carbocycles. The van der Waals surface area contributed by atoms with Gasteiger partial charge in [-0.1, -0.05) is 25.9 Å². The van der Waals surface area contributed by atoms with E-state index in [-0.39, 0.29) is 11.9 Å². The quantitative estimate of drug-likeness (QED) is 0.846. The third-order valence-corrected chi connectivity index (χ3v) is 4.05. The van der Waals surface area contributed by atoms with Crippen LogP contribution in [0, 0.1) is 5.92 Å². The maximum Gasteiger partial charge on any atom is 0.245 e. The zero-order valence-corrected chi connectivity index (χ0v) is 14.1. The van der Waals surface area contributed by atoms with Gasteiger partial charge in [-0.25, -0.2) is 0 Å². The Morgan fingerprint density at radius 1 is 1.39 bits per heavy atom. The lowest BCUT2D eigenvalue weighted by Crippen LogP contribution is -2.42. The predicted molar refractivity (Wildman–Crippen MR) is 84.5 cm³/mol. The Kier molecular flexibility index (Phi) is 4.19. The van der Waals surface area contributed by atoms with Crippen LogP contribution >= 0.6 is 0 Å². The van der Waals surface area contributed by atoms with E-state index in [9.17, 15) is 4.79 Å². The molecular weight excluding hydrogens is 294 g/mol. The van der Waals surface area contributed by atoms with Crippen LogP contribution in [0.25, 0.3) is 11.5 Å². The Labute approximate surface area is 135 Å². The smallest absolute Gasteiger partial charge is 0.245 e. The summed E-state index contributed by atoms with van der Waals surface area (Å²) < 4.78 is 7.27. The Hall–Kier alpha value is -2.18. The van der Waals surface area contributed by atoms with Gasteiger partial charge >= 0.3 is 0 Å². The van der Waals surface area contributed by atoms with Crippen LogP contribution in [0.15, 0.2) is 10.6 Å². The normalized spacial score (nSPS) is 17.9. The number of carbonyl (C=O) groups is 1. The summed E-state index contributed by atoms with van der Waals surface area (Å²) in [6, 6.07) is 1.58. The molecular formula is C16H23N5O2. The minimum absolute atomic E-state index is 0.103. The van der Waals surface area contributed by atoms with E-state index in [0.717, 1.165) is 31.0 Å². The van der Waals surface area contributed by atoms with Crippen LogP contribution < -0.4 is 0 Å². The molecule has 0 saturated heterocycles. The number of carbonyl (C=O) groups excluding carboxylic acids is 1. The summed E-state index contributed by atoms with van der Waals surface area (Å²) >= 11 is 0. The van der Waals surface area contributed by atoms with Crippen LogP contribution in [0.2, 0.25) is 0 Å². The fourth-order valence-corrected chi connectivity index (χ4v) is 3.01. The first kappa shape index (κ1) is 15.7. The molecule has 1 aliphatic heterocycles. The minimum atomic E-state index is -0.319. The molecule has 0 unspecified atom stereocenters. The second-order valence-electron chi connectivity index (χ2n) is 6.52. The number of hydrogen-bond donors (Lipinski definition) is 0. The SMILES string of the molecule is CCCN1Cc2nnc(-c3cc(CC(C)C)on3)n2[C@H](C)C1=O. The van der Waals surface area contributed by atoms with Crippen LogP contribution in [0.3, 0.4) is 0 Å². The lowest BCUT2D eigenvalue weighted by Gasteiger charge is -2.31. The molecule has 7 nitrogen and oxygen atoms in total. The number of nitrogens with zero attached hydrogens (tertiary/aromatic N) is 5. The van der Waals surface area contributed by atoms with Gasteiger partial charge < -0.3 is 9.42 Å². The van der Waals surface area contributed by atoms with Crippen LogP contribution in [-0.4, -0.2) is 37.3 Å². The van der Waals surface area contributed by atoms with E-state index < -0.39 is 0 Å². The van der Waals surface area contributed by atoms with E-state index in [4.69, 9.17) is 4.52 Å². The number of fused-ring (bicyclic) bond motifs is 1. The highest BCUT2D eigenvalue weighted by Gasteiger charge is 2.33. The summed E-state index contributed by atoms with van der Waals surface area (Å²) in [6.07, 6.45) is 1.76. The zero-order chi connectivity index (χ0) is 16.6. The monoisotopic (exact) mass is 317 g/mol. The molecule has 2 aromatic rings. The Morgan fingerprint density at radius 2 is 2.17 bits per heavy atom. The van der Waals surface area contributed by atoms with E-state index in [1.807, 2.05) is 22.5 Å². The number of aromatic nitrogens is 4. The standard InChI is InChI=1S/C16H23N5O2/c1-5-6-20-9-14-17-18-15(21(14)11(4)16(20)22)13-8-12(23-19-13)7-10(2)3/h8,10-11H,5-7,9H2,1-4H3/t11-/m1/s1. The molecule has 0 radical (unpaired) electrons. The molecule has 0 saturated carbocycles. The van der Waals surface area contributed by atoms with Crippen molar-refractivity contribution < 1.29 is 9.32 Å². The van der Waals surface area contributed by atoms with E-state index in [0.29, 0.717) is 24.0 Å². The fraction of sp³-hybridized carbons (Fsp3) is 0.625. The molecule has 124 valence electrons. The third-order valence-electron chi connectivity index (χ3n) is 4.05. The largest absolute Gasteiger partial charge is 0.361 e. The van der Waals surface area contributed by atoms with Gasteiger partial charge in [0.05, 0.1) is 6.54 Å². The molecule has 1 amide bonds. The topological polar surface area (TPSA) is 77.1 Å². The summed E-state index contributed by atoms with van der Waals surface area (Å²) in [7, 11) is 0. The maximum absolute atomic E-state index is 12.5. The number of amides is 1. The molecule has 7 heteroatoms. The molecule has 0 spiro atoms. The Balaban J connectivity index is 1.92. The molecule has 0 aliphatic carbocycles. The Bertz CT molecular complexity index is 703. The second-order valence-corrected chi connectivity index (χ2v) is 6.52. The summed E-state index contributed by atoms with van der Waals surface area (Å²) in [6.45, 7) is 9.45. The molecule has 3 rings (SSSR count). The van der Waals surface area contributed by atoms with Gasteiger partial charge in [-0.05, 0) is 19.3 Å². The average molecular weight is 317 g/mol. The first-order chi connectivity index (χ1) is 11.0. The van der Waals surface area contributed by atoms with Gasteiger partial charge in [0.2, 0.25) is 5.91 Å². The van der Waals surface area contributed by atoms with Gasteiger partial charge in [-0.2, -0.15) is 0 Å². The van der Waals surface area contributed by atoms with Gasteiger partial charge in [0.1, 0.15) is 11.8 Å². The molecule has 1 aliphatic rings. The van der Waals surface area contributed by atoms with Crippen molar-refractivity contribution in [3.05, 3.63) is 17.7 Å². The Morgan fingerprint density at radius 3 is 2.87 bits per heavy atom. The lowest BCUT2D eigenvalue weighted by molar-refractivity contribution is -0.136. The van der Waals surface area contributed by atoms with E-state index in [1.54, 1.807) is 0 Å². The summed E-state index contributed by atoms with van der Waals surface area (Å²) in [5.41, 5.74) is 0.642. The first-order valence-corrected chi connectivity index (χ1v) is 8.19. The summed E-state index contributed by atoms with van der Waals surface area (Å²) in [5, 5.41) is 12.6. The van der Waals surface area contributed by atoms with Gasteiger partial charge in [0.25, 0.3) is 0 Å². The van der Waals surface area contributed by atoms with Crippen LogP contribution in [0.1, 0.15) is 51.7 Å². The highest BCUT2D eigenvalue weighted by atomic mass is 16.5. The highest BCUT2D eigenvalue weighted by molar-refractivity contribution is 5.81. The fourth-order valence-electron chi connectivity index (χ4n) is 3.01. The predicted octanol–water partition coefficient (Wildman–Crippen LogP) is 2.44. The van der Waals surface area contributed by atoms with Crippen LogP contribution in [0.5, 0.6) is 0 Å². The molecule has 2 aromatic heterocycles. The van der Waals surface area contributed by atoms with Crippen molar-refractivity contribution in [3.8, 4) is 11.5 Å². The highest BCUT2D eigenvalue weighted by Crippen LogP contribution is 2.28. The van der Waals surface area contributed by atoms with Crippen molar-refractivity contribution in [1.29, 1.82) is 0 Å². The lowest BCUT2D eigenvalue weighted by atomic mass is 10.1. The molecule has 23 heavy (non-hydrogen) atoms. The van der Waals surface area contributed by atoms with Crippen molar-refractivity contribution >= 4 is 5.91 Å². The van der Waals surface area contributed by atoms with Crippen LogP contribution in [0.4, 0.5) is 0 Å². The van der Waals surface area contributed by atoms with Crippen molar-refractivity contribution in [2.24, 2.45) is 5.92 Å². The van der Waals surface area contributed by atoms with Gasteiger partial charge in [-0.15, -0.1) is 10.2 Å². The van der Waals surface area contributed by atoms with E-state index >= 15 is 0 Å². The number of rotatable bonds is 5. The van der Waals surface area contributed by atoms with Crippen molar-refractivity contribution in [2.75, 3.05) is 6.54 Å². The number of hydrogen-bond acceptors (Lipinski definition) is 5. The van der Waals surface area contributed by atoms with Crippen molar-refractivity contribution in [3.63, 3.8) is 0 Å². The second kappa shape index (κ2) is 6.14.